The van der Waals surface area contributed by atoms with Crippen LogP contribution in [0, 0.1) is 5.92 Å². The molecule has 1 fully saturated rings. The maximum atomic E-state index is 11.3. The first-order valence-corrected chi connectivity index (χ1v) is 6.58. The summed E-state index contributed by atoms with van der Waals surface area (Å²) in [6.07, 6.45) is 5.86. The van der Waals surface area contributed by atoms with Crippen molar-refractivity contribution in [3.05, 3.63) is 0 Å². The lowest BCUT2D eigenvalue weighted by atomic mass is 9.88. The van der Waals surface area contributed by atoms with E-state index in [1.807, 2.05) is 6.92 Å². The van der Waals surface area contributed by atoms with E-state index in [-0.39, 0.29) is 5.91 Å². The molecule has 100 valence electrons. The van der Waals surface area contributed by atoms with E-state index < -0.39 is 5.54 Å². The van der Waals surface area contributed by atoms with Gasteiger partial charge in [0.05, 0.1) is 11.6 Å². The number of hydrogen-bond acceptors (Lipinski definition) is 3. The van der Waals surface area contributed by atoms with E-state index in [4.69, 9.17) is 10.5 Å². The predicted molar refractivity (Wildman–Crippen MR) is 68.6 cm³/mol. The highest BCUT2D eigenvalue weighted by atomic mass is 16.5. The van der Waals surface area contributed by atoms with Crippen LogP contribution in [0.1, 0.15) is 46.0 Å². The average molecular weight is 242 g/mol. The van der Waals surface area contributed by atoms with Gasteiger partial charge in [-0.05, 0) is 39.2 Å². The van der Waals surface area contributed by atoms with Gasteiger partial charge in [-0.25, -0.2) is 0 Å². The van der Waals surface area contributed by atoms with Crippen LogP contribution in [0.3, 0.4) is 0 Å². The molecule has 1 amide bonds. The molecule has 1 saturated carbocycles. The molecule has 3 unspecified atom stereocenters. The number of carbonyl (C=O) groups is 1. The van der Waals surface area contributed by atoms with Crippen LogP contribution in [0.4, 0.5) is 0 Å². The zero-order chi connectivity index (χ0) is 12.9. The molecule has 0 aromatic rings. The van der Waals surface area contributed by atoms with Gasteiger partial charge in [0.1, 0.15) is 0 Å². The normalized spacial score (nSPS) is 28.6. The molecule has 1 aliphatic carbocycles. The Morgan fingerprint density at radius 3 is 2.76 bits per heavy atom. The van der Waals surface area contributed by atoms with Crippen molar-refractivity contribution in [2.24, 2.45) is 11.7 Å². The lowest BCUT2D eigenvalue weighted by molar-refractivity contribution is -0.124. The second kappa shape index (κ2) is 6.36. The molecule has 17 heavy (non-hydrogen) atoms. The van der Waals surface area contributed by atoms with E-state index in [1.165, 1.54) is 12.8 Å². The van der Waals surface area contributed by atoms with Gasteiger partial charge in [-0.15, -0.1) is 0 Å². The summed E-state index contributed by atoms with van der Waals surface area (Å²) in [5.74, 6) is 0.446. The number of likely N-dealkylation sites (N-methyl/N-ethyl adjacent to an activating group) is 1. The molecule has 1 rings (SSSR count). The maximum Gasteiger partial charge on any atom is 0.237 e. The smallest absolute Gasteiger partial charge is 0.237 e. The number of amides is 1. The third-order valence-corrected chi connectivity index (χ3v) is 3.94. The Hall–Kier alpha value is -0.610. The van der Waals surface area contributed by atoms with Crippen LogP contribution >= 0.6 is 0 Å². The molecule has 0 bridgehead atoms. The molecule has 3 N–H and O–H groups in total. The van der Waals surface area contributed by atoms with Crippen molar-refractivity contribution in [1.82, 2.24) is 5.32 Å². The Labute approximate surface area is 104 Å². The standard InChI is InChI=1S/C13H26N2O2/c1-10-5-4-6-11(9-10)17-8-7-13(2,15-3)12(14)16/h10-11,15H,4-9H2,1-3H3,(H2,14,16). The molecule has 0 heterocycles. The fourth-order valence-corrected chi connectivity index (χ4v) is 2.33. The fourth-order valence-electron chi connectivity index (χ4n) is 2.33. The minimum Gasteiger partial charge on any atom is -0.378 e. The van der Waals surface area contributed by atoms with Crippen LogP contribution in [-0.2, 0) is 9.53 Å². The maximum absolute atomic E-state index is 11.3. The Bertz CT molecular complexity index is 258. The summed E-state index contributed by atoms with van der Waals surface area (Å²) in [7, 11) is 1.76. The van der Waals surface area contributed by atoms with Gasteiger partial charge in [0, 0.05) is 6.61 Å². The van der Waals surface area contributed by atoms with Gasteiger partial charge in [0.2, 0.25) is 5.91 Å². The summed E-state index contributed by atoms with van der Waals surface area (Å²) in [4.78, 5) is 11.3. The second-order valence-corrected chi connectivity index (χ2v) is 5.46. The van der Waals surface area contributed by atoms with Crippen molar-refractivity contribution in [3.8, 4) is 0 Å². The Kier molecular flexibility index (Phi) is 5.40. The fraction of sp³-hybridized carbons (Fsp3) is 0.923. The third-order valence-electron chi connectivity index (χ3n) is 3.94. The molecule has 3 atom stereocenters. The van der Waals surface area contributed by atoms with Crippen LogP contribution in [0.5, 0.6) is 0 Å². The van der Waals surface area contributed by atoms with Gasteiger partial charge in [0.15, 0.2) is 0 Å². The largest absolute Gasteiger partial charge is 0.378 e. The molecule has 0 radical (unpaired) electrons. The van der Waals surface area contributed by atoms with Crippen LogP contribution in [0.2, 0.25) is 0 Å². The van der Waals surface area contributed by atoms with Gasteiger partial charge in [0.25, 0.3) is 0 Å². The first kappa shape index (κ1) is 14.5. The lowest BCUT2D eigenvalue weighted by Crippen LogP contribution is -2.52. The van der Waals surface area contributed by atoms with Crippen molar-refractivity contribution < 1.29 is 9.53 Å². The summed E-state index contributed by atoms with van der Waals surface area (Å²) in [6.45, 7) is 4.69. The van der Waals surface area contributed by atoms with E-state index in [1.54, 1.807) is 7.05 Å². The number of nitrogens with two attached hydrogens (primary N) is 1. The Morgan fingerprint density at radius 1 is 1.53 bits per heavy atom. The van der Waals surface area contributed by atoms with Crippen molar-refractivity contribution in [2.75, 3.05) is 13.7 Å². The van der Waals surface area contributed by atoms with Gasteiger partial charge < -0.3 is 15.8 Å². The highest BCUT2D eigenvalue weighted by Crippen LogP contribution is 2.26. The van der Waals surface area contributed by atoms with Gasteiger partial charge in [-0.2, -0.15) is 0 Å². The number of rotatable bonds is 6. The van der Waals surface area contributed by atoms with Gasteiger partial charge in [-0.1, -0.05) is 19.8 Å². The topological polar surface area (TPSA) is 64.3 Å². The minimum absolute atomic E-state index is 0.319. The molecule has 4 nitrogen and oxygen atoms in total. The van der Waals surface area contributed by atoms with Crippen molar-refractivity contribution >= 4 is 5.91 Å². The molecule has 4 heteroatoms. The number of ether oxygens (including phenoxy) is 1. The van der Waals surface area contributed by atoms with Crippen LogP contribution in [0.25, 0.3) is 0 Å². The van der Waals surface area contributed by atoms with Crippen LogP contribution in [0.15, 0.2) is 0 Å². The second-order valence-electron chi connectivity index (χ2n) is 5.46. The first-order chi connectivity index (χ1) is 7.98. The highest BCUT2D eigenvalue weighted by molar-refractivity contribution is 5.84. The number of hydrogen-bond donors (Lipinski definition) is 2. The summed E-state index contributed by atoms with van der Waals surface area (Å²) in [6, 6.07) is 0. The number of carbonyl (C=O) groups excluding carboxylic acids is 1. The van der Waals surface area contributed by atoms with E-state index in [0.29, 0.717) is 19.1 Å². The van der Waals surface area contributed by atoms with Crippen molar-refractivity contribution in [1.29, 1.82) is 0 Å². The zero-order valence-electron chi connectivity index (χ0n) is 11.3. The van der Waals surface area contributed by atoms with Gasteiger partial charge in [-0.3, -0.25) is 4.79 Å². The van der Waals surface area contributed by atoms with Crippen molar-refractivity contribution in [2.45, 2.75) is 57.6 Å². The zero-order valence-corrected chi connectivity index (χ0v) is 11.3. The first-order valence-electron chi connectivity index (χ1n) is 6.58. The summed E-state index contributed by atoms with van der Waals surface area (Å²) >= 11 is 0. The Balaban J connectivity index is 2.29. The van der Waals surface area contributed by atoms with Crippen LogP contribution < -0.4 is 11.1 Å². The summed E-state index contributed by atoms with van der Waals surface area (Å²) < 4.78 is 5.85. The molecular weight excluding hydrogens is 216 g/mol. The molecule has 0 spiro atoms. The van der Waals surface area contributed by atoms with Crippen molar-refractivity contribution in [3.63, 3.8) is 0 Å². The van der Waals surface area contributed by atoms with E-state index in [2.05, 4.69) is 12.2 Å². The van der Waals surface area contributed by atoms with E-state index in [9.17, 15) is 4.79 Å². The van der Waals surface area contributed by atoms with E-state index in [0.717, 1.165) is 18.8 Å². The van der Waals surface area contributed by atoms with E-state index >= 15 is 0 Å². The van der Waals surface area contributed by atoms with Gasteiger partial charge >= 0.3 is 0 Å². The predicted octanol–water partition coefficient (Wildman–Crippen LogP) is 1.44. The number of primary amides is 1. The molecule has 0 aliphatic heterocycles. The third kappa shape index (κ3) is 4.28. The molecular formula is C13H26N2O2. The lowest BCUT2D eigenvalue weighted by Gasteiger charge is -2.29. The monoisotopic (exact) mass is 242 g/mol. The van der Waals surface area contributed by atoms with Crippen LogP contribution in [-0.4, -0.2) is 31.2 Å². The summed E-state index contributed by atoms with van der Waals surface area (Å²) in [5.41, 5.74) is 4.71. The average Bonchev–Trinajstić information content (AvgIpc) is 2.28. The number of nitrogens with one attached hydrogen (secondary N) is 1. The molecule has 0 aromatic carbocycles. The molecule has 0 saturated heterocycles. The Morgan fingerprint density at radius 2 is 2.24 bits per heavy atom. The quantitative estimate of drug-likeness (QED) is 0.740. The SMILES string of the molecule is CNC(C)(CCOC1CCCC(C)C1)C(N)=O. The molecule has 1 aliphatic rings. The molecule has 0 aromatic heterocycles. The highest BCUT2D eigenvalue weighted by Gasteiger charge is 2.29. The summed E-state index contributed by atoms with van der Waals surface area (Å²) in [5, 5.41) is 2.97. The minimum atomic E-state index is -0.652.